The highest BCUT2D eigenvalue weighted by Crippen LogP contribution is 2.36. The van der Waals surface area contributed by atoms with Crippen molar-refractivity contribution in [3.05, 3.63) is 58.1 Å². The van der Waals surface area contributed by atoms with Crippen LogP contribution in [0.1, 0.15) is 11.1 Å². The van der Waals surface area contributed by atoms with Gasteiger partial charge in [0.25, 0.3) is 5.91 Å². The van der Waals surface area contributed by atoms with Crippen LogP contribution in [0.5, 0.6) is 5.75 Å². The van der Waals surface area contributed by atoms with E-state index in [0.29, 0.717) is 11.3 Å². The first-order valence-electron chi connectivity index (χ1n) is 6.59. The molecular formula is C16H10BrF3N2O2. The van der Waals surface area contributed by atoms with Crippen LogP contribution in [0, 0.1) is 11.3 Å². The summed E-state index contributed by atoms with van der Waals surface area (Å²) in [4.78, 5) is 11.8. The number of carbonyl (C=O) groups is 1. The molecule has 0 saturated carbocycles. The third-order valence-electron chi connectivity index (χ3n) is 2.91. The average Bonchev–Trinajstić information content (AvgIpc) is 2.54. The molecule has 0 aliphatic heterocycles. The van der Waals surface area contributed by atoms with Gasteiger partial charge in [-0.2, -0.15) is 18.4 Å². The zero-order chi connectivity index (χ0) is 17.7. The molecule has 0 spiro atoms. The third-order valence-corrected chi connectivity index (χ3v) is 3.60. The molecular weight excluding hydrogens is 389 g/mol. The normalized spacial score (nSPS) is 10.8. The van der Waals surface area contributed by atoms with Gasteiger partial charge in [0.1, 0.15) is 5.75 Å². The van der Waals surface area contributed by atoms with E-state index in [2.05, 4.69) is 21.2 Å². The van der Waals surface area contributed by atoms with Gasteiger partial charge in [0.05, 0.1) is 17.2 Å². The maximum atomic E-state index is 12.8. The average molecular weight is 399 g/mol. The topological polar surface area (TPSA) is 62.1 Å². The van der Waals surface area contributed by atoms with E-state index < -0.39 is 17.6 Å². The fourth-order valence-electron chi connectivity index (χ4n) is 1.79. The van der Waals surface area contributed by atoms with Gasteiger partial charge in [-0.1, -0.05) is 15.9 Å². The van der Waals surface area contributed by atoms with E-state index in [0.717, 1.165) is 6.07 Å². The Morgan fingerprint density at radius 3 is 2.46 bits per heavy atom. The summed E-state index contributed by atoms with van der Waals surface area (Å²) < 4.78 is 43.5. The molecule has 0 radical (unpaired) electrons. The molecule has 0 heterocycles. The highest BCUT2D eigenvalue weighted by atomic mass is 79.9. The maximum Gasteiger partial charge on any atom is 0.417 e. The molecule has 0 aromatic heterocycles. The first kappa shape index (κ1) is 17.8. The van der Waals surface area contributed by atoms with Crippen molar-refractivity contribution in [2.75, 3.05) is 11.9 Å². The van der Waals surface area contributed by atoms with Crippen LogP contribution in [0.2, 0.25) is 0 Å². The lowest BCUT2D eigenvalue weighted by Gasteiger charge is -2.12. The summed E-state index contributed by atoms with van der Waals surface area (Å²) in [5, 5.41) is 11.0. The van der Waals surface area contributed by atoms with Gasteiger partial charge >= 0.3 is 6.18 Å². The van der Waals surface area contributed by atoms with E-state index in [1.54, 1.807) is 0 Å². The molecule has 4 nitrogen and oxygen atoms in total. The molecule has 0 fully saturated rings. The number of alkyl halides is 3. The smallest absolute Gasteiger partial charge is 0.417 e. The number of carbonyl (C=O) groups excluding carboxylic acids is 1. The molecule has 1 amide bonds. The Kier molecular flexibility index (Phi) is 5.46. The summed E-state index contributed by atoms with van der Waals surface area (Å²) in [6.45, 7) is -0.372. The fourth-order valence-corrected chi connectivity index (χ4v) is 2.26. The number of amides is 1. The SMILES string of the molecule is N#Cc1ccc(OCC(=O)Nc2ccc(Br)c(C(F)(F)F)c2)cc1. The van der Waals surface area contributed by atoms with E-state index in [-0.39, 0.29) is 16.8 Å². The number of nitrogens with one attached hydrogen (secondary N) is 1. The Hall–Kier alpha value is -2.53. The van der Waals surface area contributed by atoms with Crippen molar-refractivity contribution >= 4 is 27.5 Å². The van der Waals surface area contributed by atoms with E-state index in [1.165, 1.54) is 36.4 Å². The zero-order valence-electron chi connectivity index (χ0n) is 12.0. The predicted octanol–water partition coefficient (Wildman–Crippen LogP) is 4.36. The van der Waals surface area contributed by atoms with Crippen LogP contribution in [0.4, 0.5) is 18.9 Å². The molecule has 0 bridgehead atoms. The number of hydrogen-bond acceptors (Lipinski definition) is 3. The van der Waals surface area contributed by atoms with Crippen molar-refractivity contribution in [2.24, 2.45) is 0 Å². The number of nitrogens with zero attached hydrogens (tertiary/aromatic N) is 1. The lowest BCUT2D eigenvalue weighted by molar-refractivity contribution is -0.138. The van der Waals surface area contributed by atoms with Crippen LogP contribution in [0.25, 0.3) is 0 Å². The van der Waals surface area contributed by atoms with Gasteiger partial charge < -0.3 is 10.1 Å². The summed E-state index contributed by atoms with van der Waals surface area (Å²) in [7, 11) is 0. The summed E-state index contributed by atoms with van der Waals surface area (Å²) in [5.41, 5.74) is -0.423. The van der Waals surface area contributed by atoms with Crippen LogP contribution >= 0.6 is 15.9 Å². The molecule has 2 rings (SSSR count). The summed E-state index contributed by atoms with van der Waals surface area (Å²) in [6.07, 6.45) is -4.53. The number of ether oxygens (including phenoxy) is 1. The number of halogens is 4. The Morgan fingerprint density at radius 1 is 1.21 bits per heavy atom. The van der Waals surface area contributed by atoms with E-state index in [1.807, 2.05) is 6.07 Å². The fraction of sp³-hybridized carbons (Fsp3) is 0.125. The molecule has 1 N–H and O–H groups in total. The first-order chi connectivity index (χ1) is 11.3. The Balaban J connectivity index is 1.98. The molecule has 24 heavy (non-hydrogen) atoms. The minimum absolute atomic E-state index is 0.0129. The van der Waals surface area contributed by atoms with Crippen LogP contribution in [-0.2, 0) is 11.0 Å². The number of anilines is 1. The van der Waals surface area contributed by atoms with E-state index in [9.17, 15) is 18.0 Å². The number of nitriles is 1. The Morgan fingerprint density at radius 2 is 1.88 bits per heavy atom. The molecule has 0 saturated heterocycles. The zero-order valence-corrected chi connectivity index (χ0v) is 13.6. The monoisotopic (exact) mass is 398 g/mol. The highest BCUT2D eigenvalue weighted by Gasteiger charge is 2.33. The van der Waals surface area contributed by atoms with Crippen molar-refractivity contribution in [3.63, 3.8) is 0 Å². The van der Waals surface area contributed by atoms with E-state index >= 15 is 0 Å². The van der Waals surface area contributed by atoms with Crippen LogP contribution in [0.15, 0.2) is 46.9 Å². The predicted molar refractivity (Wildman–Crippen MR) is 84.4 cm³/mol. The molecule has 2 aromatic rings. The quantitative estimate of drug-likeness (QED) is 0.832. The first-order valence-corrected chi connectivity index (χ1v) is 7.38. The molecule has 0 unspecified atom stereocenters. The third kappa shape index (κ3) is 4.73. The number of benzene rings is 2. The summed E-state index contributed by atoms with van der Waals surface area (Å²) in [6, 6.07) is 11.4. The second-order valence-electron chi connectivity index (χ2n) is 4.67. The van der Waals surface area contributed by atoms with Crippen molar-refractivity contribution < 1.29 is 22.7 Å². The molecule has 2 aromatic carbocycles. The van der Waals surface area contributed by atoms with Gasteiger partial charge in [0, 0.05) is 10.2 Å². The van der Waals surface area contributed by atoms with Crippen molar-refractivity contribution in [2.45, 2.75) is 6.18 Å². The Bertz CT molecular complexity index is 783. The van der Waals surface area contributed by atoms with Gasteiger partial charge in [0.2, 0.25) is 0 Å². The van der Waals surface area contributed by atoms with Gasteiger partial charge in [-0.05, 0) is 42.5 Å². The summed E-state index contributed by atoms with van der Waals surface area (Å²) >= 11 is 2.83. The lowest BCUT2D eigenvalue weighted by Crippen LogP contribution is -2.20. The van der Waals surface area contributed by atoms with Gasteiger partial charge in [-0.25, -0.2) is 0 Å². The van der Waals surface area contributed by atoms with Crippen molar-refractivity contribution in [1.82, 2.24) is 0 Å². The molecule has 0 aliphatic carbocycles. The van der Waals surface area contributed by atoms with Crippen LogP contribution in [0.3, 0.4) is 0 Å². The van der Waals surface area contributed by atoms with Crippen LogP contribution < -0.4 is 10.1 Å². The number of hydrogen-bond donors (Lipinski definition) is 1. The second kappa shape index (κ2) is 7.36. The molecule has 0 aliphatic rings. The van der Waals surface area contributed by atoms with E-state index in [4.69, 9.17) is 10.00 Å². The standard InChI is InChI=1S/C16H10BrF3N2O2/c17-14-6-3-11(7-13(14)16(18,19)20)22-15(23)9-24-12-4-1-10(8-21)2-5-12/h1-7H,9H2,(H,22,23). The molecule has 8 heteroatoms. The largest absolute Gasteiger partial charge is 0.484 e. The van der Waals surface area contributed by atoms with Crippen molar-refractivity contribution in [1.29, 1.82) is 5.26 Å². The minimum Gasteiger partial charge on any atom is -0.484 e. The maximum absolute atomic E-state index is 12.8. The molecule has 0 atom stereocenters. The highest BCUT2D eigenvalue weighted by molar-refractivity contribution is 9.10. The minimum atomic E-state index is -4.53. The second-order valence-corrected chi connectivity index (χ2v) is 5.52. The van der Waals surface area contributed by atoms with Gasteiger partial charge in [-0.3, -0.25) is 4.79 Å². The van der Waals surface area contributed by atoms with Crippen molar-refractivity contribution in [3.8, 4) is 11.8 Å². The Labute approximate surface area is 144 Å². The number of rotatable bonds is 4. The van der Waals surface area contributed by atoms with Gasteiger partial charge in [0.15, 0.2) is 6.61 Å². The lowest BCUT2D eigenvalue weighted by atomic mass is 10.2. The summed E-state index contributed by atoms with van der Waals surface area (Å²) in [5.74, 6) is -0.231. The van der Waals surface area contributed by atoms with Crippen LogP contribution in [-0.4, -0.2) is 12.5 Å². The van der Waals surface area contributed by atoms with Gasteiger partial charge in [-0.15, -0.1) is 0 Å². The molecule has 124 valence electrons.